The van der Waals surface area contributed by atoms with E-state index in [0.717, 1.165) is 92.4 Å². The second-order valence-electron chi connectivity index (χ2n) is 38.5. The summed E-state index contributed by atoms with van der Waals surface area (Å²) in [5.41, 5.74) is 9.32. The first kappa shape index (κ1) is 130. The third kappa shape index (κ3) is 48.7. The Morgan fingerprint density at radius 2 is 0.803 bits per heavy atom. The molecule has 804 valence electrons. The standard InChI is InChI=1S/C24H22N2O.C12H24N2O4S.C11H24N2O5S2.C11H16N2O.2C10H14.C9H10N2S.C9H9NS2.C9H13N.C7H10F3NO2/c1-3-16(2)17-12-14-18(15-13-17)24(27)26-23-19-8-4-6-10-21(19)25-22-11-7-5-9-20(22)23;1-7-11(3,4)10(16)13-12(5,6)8-19(17,18)14-9(2)15;1-7-10(2,3)9(14)12-11(4,5)8-20(17,18)13-19(6,15)16;1-4-11(2,3)10(14)13-9-5-7-12-8-6-9;2*1-3-9(2)10-7-5-4-6-8-10;1-2-12-9-10-7-5-3-4-6-8(7)11-9;1-2-11-9-10-7-5-3-4-6-8(7)12-9;1-3-8(2)9-4-6-10-7-5-9;1-3-4(2)5(12)11-6(13)7(8,9)10/h4-16H,3H2,1-2H3,(H,25,26,27);7-8H2,1-6H3,(H,13,16)(H,14,15);13H,7-8H2,1-6H3,(H,12,14);5-8H,4H2,1-3H3,(H,12,13,14);2*4-9H,3H2,1-2H3;3-6H,2H2,1H3,(H,10,11);3-6H,2H2,1H3;4-8H,3H2,1-2H3;4H,3H2,1-2H3,(H,11,12,13). The van der Waals surface area contributed by atoms with Crippen LogP contribution in [0.4, 0.5) is 24.5 Å². The number of pyridine rings is 3. The average molecular weight is 2140 g/mol. The zero-order chi connectivity index (χ0) is 111. The number of rotatable bonds is 32. The number of thiazole rings is 1. The van der Waals surface area contributed by atoms with Gasteiger partial charge in [-0.2, -0.15) is 13.2 Å². The Kier molecular flexibility index (Phi) is 55.5. The van der Waals surface area contributed by atoms with Gasteiger partial charge in [-0.25, -0.2) is 40.2 Å². The predicted octanol–water partition coefficient (Wildman–Crippen LogP) is 25.9. The number of thioether (sulfide) groups is 2. The van der Waals surface area contributed by atoms with Gasteiger partial charge >= 0.3 is 12.1 Å². The third-order valence-corrected chi connectivity index (χ3v) is 31.6. The molecule has 12 rings (SSSR count). The number of anilines is 2. The molecule has 8 N–H and O–H groups in total. The molecule has 12 aromatic rings. The molecule has 147 heavy (non-hydrogen) atoms. The maximum absolute atomic E-state index is 12.9. The van der Waals surface area contributed by atoms with Crippen LogP contribution in [-0.4, -0.2) is 143 Å². The monoisotopic (exact) mass is 2140 g/mol. The van der Waals surface area contributed by atoms with E-state index in [9.17, 15) is 72.0 Å². The van der Waals surface area contributed by atoms with Crippen molar-refractivity contribution in [2.45, 2.75) is 282 Å². The average Bonchev–Trinajstić information content (AvgIpc) is 1.77. The van der Waals surface area contributed by atoms with Crippen molar-refractivity contribution in [1.29, 1.82) is 0 Å². The summed E-state index contributed by atoms with van der Waals surface area (Å²) in [6, 6.07) is 69.0. The molecule has 7 amide bonds. The quantitative estimate of drug-likeness (QED) is 0.0143. The smallest absolute Gasteiger partial charge is 0.350 e. The number of aromatic amines is 1. The van der Waals surface area contributed by atoms with Crippen molar-refractivity contribution in [3.05, 3.63) is 259 Å². The van der Waals surface area contributed by atoms with Gasteiger partial charge in [0.2, 0.25) is 59.6 Å². The molecule has 7 aromatic carbocycles. The largest absolute Gasteiger partial charge is 0.471 e. The number of halogens is 3. The first-order valence-corrected chi connectivity index (χ1v) is 57.5. The Morgan fingerprint density at radius 3 is 1.20 bits per heavy atom. The number of amides is 7. The highest BCUT2D eigenvalue weighted by Crippen LogP contribution is 2.34. The fourth-order valence-electron chi connectivity index (χ4n) is 12.7. The summed E-state index contributed by atoms with van der Waals surface area (Å²) in [4.78, 5) is 105. The minimum absolute atomic E-state index is 0.0474. The first-order valence-electron chi connectivity index (χ1n) is 49.5. The summed E-state index contributed by atoms with van der Waals surface area (Å²) in [6.07, 6.45) is 9.97. The van der Waals surface area contributed by atoms with Crippen LogP contribution in [0.15, 0.2) is 241 Å². The van der Waals surface area contributed by atoms with Crippen LogP contribution in [0.1, 0.15) is 288 Å². The number of para-hydroxylation sites is 5. The Hall–Kier alpha value is -11.3. The molecule has 5 atom stereocenters. The number of sulfonamides is 3. The lowest BCUT2D eigenvalue weighted by atomic mass is 9.88. The lowest BCUT2D eigenvalue weighted by Gasteiger charge is -2.31. The number of H-pyrrole nitrogens is 1. The second kappa shape index (κ2) is 62.8. The molecule has 5 unspecified atom stereocenters. The number of imidazole rings is 1. The van der Waals surface area contributed by atoms with Gasteiger partial charge < -0.3 is 26.3 Å². The van der Waals surface area contributed by atoms with Crippen molar-refractivity contribution in [3.8, 4) is 0 Å². The molecule has 5 heterocycles. The fraction of sp³-hybridized carbons (Fsp3) is 0.446. The number of alkyl halides is 3. The molecule has 26 nitrogen and oxygen atoms in total. The van der Waals surface area contributed by atoms with Crippen LogP contribution in [0.5, 0.6) is 0 Å². The summed E-state index contributed by atoms with van der Waals surface area (Å²) in [5, 5.41) is 15.5. The van der Waals surface area contributed by atoms with Crippen LogP contribution >= 0.6 is 34.9 Å². The number of nitrogens with zero attached hydrogens (tertiary/aromatic N) is 5. The maximum Gasteiger partial charge on any atom is 0.471 e. The van der Waals surface area contributed by atoms with E-state index in [1.807, 2.05) is 167 Å². The van der Waals surface area contributed by atoms with Crippen LogP contribution in [0.2, 0.25) is 0 Å². The first-order chi connectivity index (χ1) is 68.8. The minimum atomic E-state index is -5.00. The normalized spacial score (nSPS) is 12.5. The van der Waals surface area contributed by atoms with Gasteiger partial charge in [-0.1, -0.05) is 302 Å². The molecule has 0 aliphatic heterocycles. The molecule has 0 spiro atoms. The molecule has 0 saturated carbocycles. The van der Waals surface area contributed by atoms with Crippen LogP contribution < -0.4 is 35.4 Å². The van der Waals surface area contributed by atoms with E-state index in [-0.39, 0.29) is 34.8 Å². The van der Waals surface area contributed by atoms with E-state index >= 15 is 0 Å². The van der Waals surface area contributed by atoms with Crippen LogP contribution in [0.3, 0.4) is 0 Å². The number of hydrogen-bond acceptors (Lipinski definition) is 21. The number of hydrogen-bond donors (Lipinski definition) is 8. The van der Waals surface area contributed by atoms with Crippen molar-refractivity contribution in [3.63, 3.8) is 0 Å². The Bertz CT molecular complexity index is 6120. The number of benzene rings is 7. The van der Waals surface area contributed by atoms with E-state index in [1.165, 1.54) is 76.6 Å². The number of carbonyl (C=O) groups excluding carboxylic acids is 7. The molecule has 5 aromatic heterocycles. The van der Waals surface area contributed by atoms with Crippen molar-refractivity contribution < 1.29 is 72.0 Å². The number of imide groups is 1. The molecule has 0 aliphatic rings. The van der Waals surface area contributed by atoms with Crippen molar-refractivity contribution in [2.75, 3.05) is 39.9 Å². The summed E-state index contributed by atoms with van der Waals surface area (Å²) in [5.74, 6) is -1.04. The van der Waals surface area contributed by atoms with Gasteiger partial charge in [-0.15, -0.1) is 15.5 Å². The molecule has 0 saturated heterocycles. The van der Waals surface area contributed by atoms with E-state index < -0.39 is 87.5 Å². The second-order valence-corrected chi connectivity index (χ2v) is 47.8. The summed E-state index contributed by atoms with van der Waals surface area (Å²) in [7, 11) is -11.7. The highest BCUT2D eigenvalue weighted by molar-refractivity contribution is 8.04. The summed E-state index contributed by atoms with van der Waals surface area (Å²) in [6.45, 7) is 49.2. The molecule has 0 bridgehead atoms. The van der Waals surface area contributed by atoms with Gasteiger partial charge in [0.25, 0.3) is 5.91 Å². The Balaban J connectivity index is 0.000000427. The van der Waals surface area contributed by atoms with Gasteiger partial charge in [0.05, 0.1) is 61.3 Å². The highest BCUT2D eigenvalue weighted by atomic mass is 32.3. The highest BCUT2D eigenvalue weighted by Gasteiger charge is 2.41. The molecule has 0 fully saturated rings. The van der Waals surface area contributed by atoms with Crippen molar-refractivity contribution in [2.24, 2.45) is 22.2 Å². The number of aromatic nitrogens is 6. The topological polar surface area (TPSA) is 386 Å². The van der Waals surface area contributed by atoms with Crippen LogP contribution in [0.25, 0.3) is 43.1 Å². The van der Waals surface area contributed by atoms with Gasteiger partial charge in [0.15, 0.2) is 9.50 Å². The summed E-state index contributed by atoms with van der Waals surface area (Å²) < 4.78 is 110. The van der Waals surface area contributed by atoms with E-state index in [2.05, 4.69) is 206 Å². The number of nitrogens with one attached hydrogen (secondary N) is 8. The predicted molar refractivity (Wildman–Crippen MR) is 602 cm³/mol. The third-order valence-electron chi connectivity index (χ3n) is 23.8. The van der Waals surface area contributed by atoms with Crippen LogP contribution in [0, 0.1) is 22.2 Å². The van der Waals surface area contributed by atoms with Crippen molar-refractivity contribution >= 4 is 161 Å². The lowest BCUT2D eigenvalue weighted by molar-refractivity contribution is -0.175. The zero-order valence-electron chi connectivity index (χ0n) is 90.4. The van der Waals surface area contributed by atoms with Gasteiger partial charge in [-0.05, 0) is 209 Å². The Labute approximate surface area is 883 Å². The van der Waals surface area contributed by atoms with Gasteiger partial charge in [0.1, 0.15) is 0 Å². The molecule has 35 heteroatoms. The maximum atomic E-state index is 12.9. The van der Waals surface area contributed by atoms with E-state index in [4.69, 9.17) is 4.98 Å². The molecule has 0 aliphatic carbocycles. The number of fused-ring (bicyclic) bond motifs is 4. The van der Waals surface area contributed by atoms with E-state index in [1.54, 1.807) is 100 Å². The molecular formula is C112H156F3N13O13S6. The van der Waals surface area contributed by atoms with E-state index in [0.29, 0.717) is 48.5 Å². The SMILES string of the molecule is CCC(C)(C)C(=O)NC(C)(C)CS(=O)(=O)NC(C)=O.CCC(C)(C)C(=O)NC(C)(C)CS(=O)(=O)NS(C)(=O)=O.CCC(C)(C)C(=O)Nc1ccncc1.CCC(C)C(=O)NC(=O)C(F)(F)F.CCC(C)c1ccc(C(=O)Nc2c3ccccc3nc3ccccc23)cc1.CCC(C)c1ccccc1.CCC(C)c1ccccc1.CCC(C)c1ccncc1.CCSc1nc2ccccc2[nH]1.CCSc1nc2ccccc2s1. The summed E-state index contributed by atoms with van der Waals surface area (Å²) >= 11 is 5.32. The van der Waals surface area contributed by atoms with Gasteiger partial charge in [-0.3, -0.25) is 53.6 Å². The fourth-order valence-corrected chi connectivity index (χ4v) is 19.9. The van der Waals surface area contributed by atoms with Crippen molar-refractivity contribution in [1.82, 2.24) is 54.7 Å². The van der Waals surface area contributed by atoms with Crippen LogP contribution in [-0.2, 0) is 58.8 Å². The zero-order valence-corrected chi connectivity index (χ0v) is 95.3. The van der Waals surface area contributed by atoms with Gasteiger partial charge in [0, 0.05) is 81.4 Å². The Morgan fingerprint density at radius 1 is 0.415 bits per heavy atom. The number of carbonyl (C=O) groups is 7. The lowest BCUT2D eigenvalue weighted by Crippen LogP contribution is -2.54. The minimum Gasteiger partial charge on any atom is -0.350 e. The molecule has 0 radical (unpaired) electrons. The molecular weight excluding hydrogens is 1980 g/mol.